The van der Waals surface area contributed by atoms with Crippen molar-refractivity contribution in [1.29, 1.82) is 0 Å². The maximum absolute atomic E-state index is 2.43. The summed E-state index contributed by atoms with van der Waals surface area (Å²) in [6.45, 7) is 0. The lowest BCUT2D eigenvalue weighted by Crippen LogP contribution is -2.51. The van der Waals surface area contributed by atoms with Gasteiger partial charge in [-0.15, -0.1) is 22.7 Å². The Balaban J connectivity index is 2.09. The predicted octanol–water partition coefficient (Wildman–Crippen LogP) is 3.15. The number of rotatable bonds is 0. The largest absolute Gasteiger partial charge is 0.143 e. The topological polar surface area (TPSA) is 0 Å². The molecular formula is C12H12S2Si. The van der Waals surface area contributed by atoms with Gasteiger partial charge in [0, 0.05) is 9.75 Å². The van der Waals surface area contributed by atoms with Crippen molar-refractivity contribution in [3.05, 3.63) is 22.9 Å². The van der Waals surface area contributed by atoms with E-state index >= 15 is 0 Å². The number of thiophene rings is 2. The third-order valence-corrected chi connectivity index (χ3v) is 11.7. The second-order valence-corrected chi connectivity index (χ2v) is 10.7. The quantitative estimate of drug-likeness (QED) is 0.628. The van der Waals surface area contributed by atoms with E-state index in [9.17, 15) is 0 Å². The zero-order chi connectivity index (χ0) is 9.88. The molecule has 15 heavy (non-hydrogen) atoms. The summed E-state index contributed by atoms with van der Waals surface area (Å²) in [7, 11) is -1.19. The van der Waals surface area contributed by atoms with Crippen molar-refractivity contribution < 1.29 is 0 Å². The summed E-state index contributed by atoms with van der Waals surface area (Å²) in [6.07, 6.45) is 2.94. The molecule has 2 aliphatic heterocycles. The first-order chi connectivity index (χ1) is 7.42. The van der Waals surface area contributed by atoms with Crippen LogP contribution in [0.25, 0.3) is 9.75 Å². The van der Waals surface area contributed by atoms with Gasteiger partial charge in [-0.25, -0.2) is 0 Å². The molecule has 1 saturated heterocycles. The van der Waals surface area contributed by atoms with Crippen LogP contribution in [0, 0.1) is 0 Å². The van der Waals surface area contributed by atoms with Crippen LogP contribution < -0.4 is 10.4 Å². The first-order valence-electron chi connectivity index (χ1n) is 5.58. The van der Waals surface area contributed by atoms with Gasteiger partial charge in [0.2, 0.25) is 0 Å². The molecule has 0 saturated carbocycles. The lowest BCUT2D eigenvalue weighted by atomic mass is 10.4. The molecule has 2 aromatic heterocycles. The number of fused-ring (bicyclic) bond motifs is 5. The first-order valence-corrected chi connectivity index (χ1v) is 9.75. The zero-order valence-corrected chi connectivity index (χ0v) is 11.1. The van der Waals surface area contributed by atoms with Crippen molar-refractivity contribution in [3.63, 3.8) is 0 Å². The Labute approximate surface area is 98.6 Å². The molecule has 2 aliphatic rings. The molecule has 0 aromatic carbocycles. The lowest BCUT2D eigenvalue weighted by Gasteiger charge is -2.21. The maximum atomic E-state index is 2.43. The van der Waals surface area contributed by atoms with Gasteiger partial charge in [0.15, 0.2) is 0 Å². The van der Waals surface area contributed by atoms with E-state index in [1.807, 2.05) is 22.7 Å². The van der Waals surface area contributed by atoms with Gasteiger partial charge < -0.3 is 0 Å². The molecule has 0 radical (unpaired) electrons. The standard InChI is InChI=1S/C12H12S2Si/c1-2-8-15(7-1)9-3-5-13-11(9)12-10(15)4-6-14-12/h3-6H,1-2,7-8H2. The van der Waals surface area contributed by atoms with Crippen LogP contribution in [0.2, 0.25) is 12.1 Å². The van der Waals surface area contributed by atoms with Gasteiger partial charge in [0.05, 0.1) is 0 Å². The van der Waals surface area contributed by atoms with Gasteiger partial charge >= 0.3 is 0 Å². The molecule has 4 heterocycles. The molecule has 2 aromatic rings. The predicted molar refractivity (Wildman–Crippen MR) is 71.5 cm³/mol. The van der Waals surface area contributed by atoms with Crippen LogP contribution in [-0.4, -0.2) is 8.07 Å². The molecule has 3 heteroatoms. The summed E-state index contributed by atoms with van der Waals surface area (Å²) in [5.74, 6) is 0. The highest BCUT2D eigenvalue weighted by Gasteiger charge is 2.48. The molecule has 0 nitrogen and oxygen atoms in total. The molecule has 0 N–H and O–H groups in total. The fourth-order valence-corrected chi connectivity index (χ4v) is 12.4. The van der Waals surface area contributed by atoms with Crippen LogP contribution in [0.4, 0.5) is 0 Å². The highest BCUT2D eigenvalue weighted by molar-refractivity contribution is 7.27. The second kappa shape index (κ2) is 2.84. The Morgan fingerprint density at radius 1 is 0.867 bits per heavy atom. The monoisotopic (exact) mass is 248 g/mol. The summed E-state index contributed by atoms with van der Waals surface area (Å²) in [4.78, 5) is 3.27. The van der Waals surface area contributed by atoms with Gasteiger partial charge in [-0.05, 0) is 33.2 Å². The van der Waals surface area contributed by atoms with Crippen LogP contribution >= 0.6 is 22.7 Å². The minimum Gasteiger partial charge on any atom is -0.143 e. The van der Waals surface area contributed by atoms with Gasteiger partial charge in [-0.2, -0.15) is 0 Å². The molecule has 1 spiro atoms. The van der Waals surface area contributed by atoms with E-state index in [4.69, 9.17) is 0 Å². The maximum Gasteiger partial charge on any atom is 0.122 e. The van der Waals surface area contributed by atoms with E-state index in [2.05, 4.69) is 22.9 Å². The molecule has 0 amide bonds. The second-order valence-electron chi connectivity index (χ2n) is 4.62. The molecule has 0 atom stereocenters. The van der Waals surface area contributed by atoms with Crippen LogP contribution in [0.3, 0.4) is 0 Å². The molecule has 4 rings (SSSR count). The fraction of sp³-hybridized carbons (Fsp3) is 0.333. The average Bonchev–Trinajstić information content (AvgIpc) is 3.00. The molecular weight excluding hydrogens is 236 g/mol. The Bertz CT molecular complexity index is 475. The van der Waals surface area contributed by atoms with Gasteiger partial charge in [0.1, 0.15) is 8.07 Å². The normalized spacial score (nSPS) is 20.8. The van der Waals surface area contributed by atoms with E-state index in [0.29, 0.717) is 0 Å². The third-order valence-electron chi connectivity index (χ3n) is 4.02. The van der Waals surface area contributed by atoms with E-state index in [-0.39, 0.29) is 0 Å². The van der Waals surface area contributed by atoms with Crippen LogP contribution in [0.5, 0.6) is 0 Å². The van der Waals surface area contributed by atoms with Gasteiger partial charge in [-0.1, -0.05) is 25.0 Å². The van der Waals surface area contributed by atoms with Crippen molar-refractivity contribution in [2.45, 2.75) is 24.9 Å². The Hall–Kier alpha value is -0.383. The summed E-state index contributed by atoms with van der Waals surface area (Å²) >= 11 is 3.93. The van der Waals surface area contributed by atoms with E-state index in [1.54, 1.807) is 20.1 Å². The highest BCUT2D eigenvalue weighted by atomic mass is 32.1. The summed E-state index contributed by atoms with van der Waals surface area (Å²) in [6, 6.07) is 7.90. The van der Waals surface area contributed by atoms with Crippen molar-refractivity contribution >= 4 is 41.1 Å². The average molecular weight is 248 g/mol. The third kappa shape index (κ3) is 0.923. The van der Waals surface area contributed by atoms with E-state index in [1.165, 1.54) is 24.9 Å². The van der Waals surface area contributed by atoms with Crippen molar-refractivity contribution in [2.24, 2.45) is 0 Å². The minimum atomic E-state index is -1.19. The van der Waals surface area contributed by atoms with Crippen molar-refractivity contribution in [3.8, 4) is 9.75 Å². The number of hydrogen-bond donors (Lipinski definition) is 0. The molecule has 76 valence electrons. The summed E-state index contributed by atoms with van der Waals surface area (Å²) in [5, 5.41) is 8.18. The lowest BCUT2D eigenvalue weighted by molar-refractivity contribution is 0.935. The van der Waals surface area contributed by atoms with Gasteiger partial charge in [-0.3, -0.25) is 0 Å². The first kappa shape index (κ1) is 8.73. The van der Waals surface area contributed by atoms with Gasteiger partial charge in [0.25, 0.3) is 0 Å². The molecule has 0 unspecified atom stereocenters. The summed E-state index contributed by atoms with van der Waals surface area (Å²) < 4.78 is 0. The van der Waals surface area contributed by atoms with E-state index < -0.39 is 8.07 Å². The van der Waals surface area contributed by atoms with Crippen molar-refractivity contribution in [2.75, 3.05) is 0 Å². The Morgan fingerprint density at radius 3 is 1.93 bits per heavy atom. The SMILES string of the molecule is c1cc2c(s1)-c1sccc1[Si]21CCCC1. The molecule has 0 bridgehead atoms. The van der Waals surface area contributed by atoms with Crippen LogP contribution in [0.1, 0.15) is 12.8 Å². The highest BCUT2D eigenvalue weighted by Crippen LogP contribution is 2.42. The Morgan fingerprint density at radius 2 is 1.40 bits per heavy atom. The molecule has 1 fully saturated rings. The summed E-state index contributed by atoms with van der Waals surface area (Å²) in [5.41, 5.74) is 0. The van der Waals surface area contributed by atoms with E-state index in [0.717, 1.165) is 0 Å². The van der Waals surface area contributed by atoms with Crippen LogP contribution in [-0.2, 0) is 0 Å². The minimum absolute atomic E-state index is 1.19. The van der Waals surface area contributed by atoms with Crippen molar-refractivity contribution in [1.82, 2.24) is 0 Å². The number of hydrogen-bond acceptors (Lipinski definition) is 2. The Kier molecular flexibility index (Phi) is 1.65. The smallest absolute Gasteiger partial charge is 0.122 e. The zero-order valence-electron chi connectivity index (χ0n) is 8.45. The fourth-order valence-electron chi connectivity index (χ4n) is 3.39. The van der Waals surface area contributed by atoms with Crippen LogP contribution in [0.15, 0.2) is 22.9 Å². The molecule has 0 aliphatic carbocycles.